The molecule has 4 aromatic rings. The third-order valence-electron chi connectivity index (χ3n) is 7.20. The van der Waals surface area contributed by atoms with Crippen molar-refractivity contribution in [3.63, 3.8) is 0 Å². The van der Waals surface area contributed by atoms with Gasteiger partial charge in [0, 0.05) is 54.1 Å². The largest absolute Gasteiger partial charge is 0.378 e. The Labute approximate surface area is 206 Å². The van der Waals surface area contributed by atoms with Gasteiger partial charge >= 0.3 is 0 Å². The fraction of sp³-hybridized carbons (Fsp3) is 0.300. The van der Waals surface area contributed by atoms with Gasteiger partial charge in [0.05, 0.1) is 37.6 Å². The molecule has 5 heteroatoms. The molecule has 0 aliphatic carbocycles. The molecule has 2 aliphatic heterocycles. The Kier molecular flexibility index (Phi) is 6.11. The van der Waals surface area contributed by atoms with Crippen LogP contribution >= 0.6 is 0 Å². The van der Waals surface area contributed by atoms with E-state index >= 15 is 0 Å². The molecule has 0 saturated carbocycles. The van der Waals surface area contributed by atoms with Crippen molar-refractivity contribution in [3.8, 4) is 22.4 Å². The fourth-order valence-corrected chi connectivity index (χ4v) is 5.25. The Morgan fingerprint density at radius 3 is 1.71 bits per heavy atom. The summed E-state index contributed by atoms with van der Waals surface area (Å²) in [6.07, 6.45) is 0. The predicted octanol–water partition coefficient (Wildman–Crippen LogP) is 5.55. The first-order valence-electron chi connectivity index (χ1n) is 12.5. The molecule has 5 nitrogen and oxygen atoms in total. The zero-order chi connectivity index (χ0) is 23.6. The van der Waals surface area contributed by atoms with Crippen LogP contribution in [0.1, 0.15) is 5.56 Å². The molecule has 1 aromatic heterocycles. The molecule has 0 amide bonds. The molecule has 2 saturated heterocycles. The van der Waals surface area contributed by atoms with Crippen molar-refractivity contribution in [2.75, 3.05) is 62.4 Å². The third kappa shape index (κ3) is 4.38. The van der Waals surface area contributed by atoms with Crippen LogP contribution in [0.15, 0.2) is 72.8 Å². The number of fused-ring (bicyclic) bond motifs is 1. The first-order chi connectivity index (χ1) is 17.3. The van der Waals surface area contributed by atoms with E-state index in [0.29, 0.717) is 0 Å². The van der Waals surface area contributed by atoms with Gasteiger partial charge < -0.3 is 19.3 Å². The average Bonchev–Trinajstić information content (AvgIpc) is 2.94. The first-order valence-corrected chi connectivity index (χ1v) is 12.5. The maximum Gasteiger partial charge on any atom is 0.0790 e. The summed E-state index contributed by atoms with van der Waals surface area (Å²) in [5.74, 6) is 0. The average molecular weight is 466 g/mol. The number of nitrogens with zero attached hydrogens (tertiary/aromatic N) is 3. The van der Waals surface area contributed by atoms with Gasteiger partial charge in [0.1, 0.15) is 0 Å². The van der Waals surface area contributed by atoms with Gasteiger partial charge in [-0.05, 0) is 48.4 Å². The number of hydrogen-bond acceptors (Lipinski definition) is 5. The number of aromatic nitrogens is 1. The molecular weight excluding hydrogens is 434 g/mol. The van der Waals surface area contributed by atoms with Crippen molar-refractivity contribution in [2.45, 2.75) is 6.92 Å². The smallest absolute Gasteiger partial charge is 0.0790 e. The molecule has 0 N–H and O–H groups in total. The molecule has 3 aromatic carbocycles. The molecule has 0 atom stereocenters. The first kappa shape index (κ1) is 22.1. The Morgan fingerprint density at radius 1 is 0.629 bits per heavy atom. The summed E-state index contributed by atoms with van der Waals surface area (Å²) >= 11 is 0. The van der Waals surface area contributed by atoms with Crippen molar-refractivity contribution in [1.29, 1.82) is 0 Å². The number of aryl methyl sites for hydroxylation is 1. The van der Waals surface area contributed by atoms with Crippen LogP contribution in [-0.4, -0.2) is 57.6 Å². The van der Waals surface area contributed by atoms with Crippen molar-refractivity contribution in [1.82, 2.24) is 4.98 Å². The standard InChI is InChI=1S/C30H31N3O2/c1-22-27-4-2-3-5-28(27)31-30(24-8-12-26(13-9-24)33-16-20-35-21-17-33)29(22)23-6-10-25(11-7-23)32-14-18-34-19-15-32/h2-13H,14-21H2,1H3. The lowest BCUT2D eigenvalue weighted by Gasteiger charge is -2.29. The number of morpholine rings is 2. The number of anilines is 2. The molecule has 178 valence electrons. The minimum atomic E-state index is 0.789. The topological polar surface area (TPSA) is 37.8 Å². The van der Waals surface area contributed by atoms with E-state index < -0.39 is 0 Å². The van der Waals surface area contributed by atoms with E-state index in [1.165, 1.54) is 33.5 Å². The Hall–Kier alpha value is -3.41. The number of rotatable bonds is 4. The van der Waals surface area contributed by atoms with Crippen LogP contribution in [0.25, 0.3) is 33.3 Å². The lowest BCUT2D eigenvalue weighted by Crippen LogP contribution is -2.36. The second-order valence-corrected chi connectivity index (χ2v) is 9.27. The SMILES string of the molecule is Cc1c(-c2ccc(N3CCOCC3)cc2)c(-c2ccc(N3CCOCC3)cc2)nc2ccccc12. The number of para-hydroxylation sites is 1. The minimum absolute atomic E-state index is 0.789. The summed E-state index contributed by atoms with van der Waals surface area (Å²) in [6, 6.07) is 26.3. The zero-order valence-corrected chi connectivity index (χ0v) is 20.2. The quantitative estimate of drug-likeness (QED) is 0.395. The molecule has 0 radical (unpaired) electrons. The monoisotopic (exact) mass is 465 g/mol. The normalized spacial score (nSPS) is 16.6. The highest BCUT2D eigenvalue weighted by Crippen LogP contribution is 2.38. The van der Waals surface area contributed by atoms with Crippen LogP contribution in [0, 0.1) is 6.92 Å². The van der Waals surface area contributed by atoms with E-state index in [4.69, 9.17) is 14.5 Å². The molecule has 0 bridgehead atoms. The fourth-order valence-electron chi connectivity index (χ4n) is 5.25. The molecular formula is C30H31N3O2. The van der Waals surface area contributed by atoms with Gasteiger partial charge in [0.15, 0.2) is 0 Å². The van der Waals surface area contributed by atoms with Gasteiger partial charge in [-0.2, -0.15) is 0 Å². The summed E-state index contributed by atoms with van der Waals surface area (Å²) in [6.45, 7) is 9.14. The highest BCUT2D eigenvalue weighted by molar-refractivity contribution is 5.95. The van der Waals surface area contributed by atoms with Crippen molar-refractivity contribution in [3.05, 3.63) is 78.4 Å². The van der Waals surface area contributed by atoms with E-state index in [9.17, 15) is 0 Å². The molecule has 6 rings (SSSR count). The number of pyridine rings is 1. The van der Waals surface area contributed by atoms with Crippen molar-refractivity contribution >= 4 is 22.3 Å². The van der Waals surface area contributed by atoms with Gasteiger partial charge in [-0.3, -0.25) is 0 Å². The highest BCUT2D eigenvalue weighted by Gasteiger charge is 2.18. The molecule has 0 spiro atoms. The molecule has 2 aliphatic rings. The van der Waals surface area contributed by atoms with Gasteiger partial charge in [-0.1, -0.05) is 42.5 Å². The summed E-state index contributed by atoms with van der Waals surface area (Å²) in [5.41, 5.74) is 9.37. The van der Waals surface area contributed by atoms with Crippen molar-refractivity contribution < 1.29 is 9.47 Å². The van der Waals surface area contributed by atoms with Crippen molar-refractivity contribution in [2.24, 2.45) is 0 Å². The second kappa shape index (κ2) is 9.68. The lowest BCUT2D eigenvalue weighted by atomic mass is 9.92. The van der Waals surface area contributed by atoms with Crippen LogP contribution in [-0.2, 0) is 9.47 Å². The Bertz CT molecular complexity index is 1310. The molecule has 2 fully saturated rings. The minimum Gasteiger partial charge on any atom is -0.378 e. The van der Waals surface area contributed by atoms with Gasteiger partial charge in [0.2, 0.25) is 0 Å². The van der Waals surface area contributed by atoms with E-state index in [2.05, 4.69) is 89.5 Å². The predicted molar refractivity (Wildman–Crippen MR) is 143 cm³/mol. The Morgan fingerprint density at radius 2 is 1.14 bits per heavy atom. The van der Waals surface area contributed by atoms with E-state index in [0.717, 1.165) is 69.4 Å². The summed E-state index contributed by atoms with van der Waals surface area (Å²) in [4.78, 5) is 9.96. The number of benzene rings is 3. The van der Waals surface area contributed by atoms with Gasteiger partial charge in [-0.25, -0.2) is 4.98 Å². The van der Waals surface area contributed by atoms with E-state index in [1.807, 2.05) is 0 Å². The van der Waals surface area contributed by atoms with Gasteiger partial charge in [0.25, 0.3) is 0 Å². The third-order valence-corrected chi connectivity index (χ3v) is 7.20. The number of hydrogen-bond donors (Lipinski definition) is 0. The zero-order valence-electron chi connectivity index (χ0n) is 20.2. The summed E-state index contributed by atoms with van der Waals surface area (Å²) in [5, 5.41) is 1.20. The van der Waals surface area contributed by atoms with E-state index in [1.54, 1.807) is 0 Å². The number of ether oxygens (including phenoxy) is 2. The second-order valence-electron chi connectivity index (χ2n) is 9.27. The van der Waals surface area contributed by atoms with Crippen LogP contribution in [0.4, 0.5) is 11.4 Å². The van der Waals surface area contributed by atoms with E-state index in [-0.39, 0.29) is 0 Å². The highest BCUT2D eigenvalue weighted by atomic mass is 16.5. The lowest BCUT2D eigenvalue weighted by molar-refractivity contribution is 0.122. The van der Waals surface area contributed by atoms with Crippen LogP contribution in [0.5, 0.6) is 0 Å². The van der Waals surface area contributed by atoms with Crippen LogP contribution in [0.3, 0.4) is 0 Å². The van der Waals surface area contributed by atoms with Crippen LogP contribution < -0.4 is 9.80 Å². The maximum atomic E-state index is 5.52. The molecule has 35 heavy (non-hydrogen) atoms. The van der Waals surface area contributed by atoms with Crippen LogP contribution in [0.2, 0.25) is 0 Å². The van der Waals surface area contributed by atoms with Gasteiger partial charge in [-0.15, -0.1) is 0 Å². The maximum absolute atomic E-state index is 5.52. The summed E-state index contributed by atoms with van der Waals surface area (Å²) < 4.78 is 11.0. The summed E-state index contributed by atoms with van der Waals surface area (Å²) in [7, 11) is 0. The Balaban J connectivity index is 1.42. The molecule has 0 unspecified atom stereocenters. The molecule has 3 heterocycles.